The summed E-state index contributed by atoms with van der Waals surface area (Å²) in [6.45, 7) is 0.224. The van der Waals surface area contributed by atoms with Gasteiger partial charge in [0.15, 0.2) is 11.9 Å². The largest absolute Gasteiger partial charge is 0.481 e. The number of carbonyl (C=O) groups is 5. The minimum absolute atomic E-state index is 0.0103. The molecule has 0 aliphatic carbocycles. The lowest BCUT2D eigenvalue weighted by Crippen LogP contribution is -2.57. The van der Waals surface area contributed by atoms with Crippen LogP contribution in [0.15, 0.2) is 40.3 Å². The van der Waals surface area contributed by atoms with Crippen molar-refractivity contribution in [2.24, 2.45) is 38.7 Å². The highest BCUT2D eigenvalue weighted by molar-refractivity contribution is 5.95. The Morgan fingerprint density at radius 3 is 1.69 bits per heavy atom. The Bertz CT molecular complexity index is 1120. The van der Waals surface area contributed by atoms with Crippen molar-refractivity contribution in [2.45, 2.75) is 62.7 Å². The highest BCUT2D eigenvalue weighted by Gasteiger charge is 2.31. The molecule has 0 spiro atoms. The SMILES string of the molecule is NC(N)=NCCC[C@H](NC(=O)[C@H](CC(=O)O)NC(=O)[C@H](CCCN=C(N)N)NC(=O)[C@@H](N)Cc1ccccc1)C(=O)O. The zero-order chi connectivity index (χ0) is 31.7. The summed E-state index contributed by atoms with van der Waals surface area (Å²) >= 11 is 0. The second kappa shape index (κ2) is 18.4. The smallest absolute Gasteiger partial charge is 0.326 e. The van der Waals surface area contributed by atoms with Crippen molar-refractivity contribution in [3.8, 4) is 0 Å². The van der Waals surface area contributed by atoms with Gasteiger partial charge < -0.3 is 54.8 Å². The molecule has 1 rings (SSSR count). The van der Waals surface area contributed by atoms with Gasteiger partial charge in [-0.15, -0.1) is 0 Å². The minimum atomic E-state index is -1.66. The zero-order valence-corrected chi connectivity index (χ0v) is 23.1. The van der Waals surface area contributed by atoms with Crippen LogP contribution < -0.4 is 44.6 Å². The molecule has 1 aromatic carbocycles. The number of amides is 3. The molecule has 0 saturated heterocycles. The maximum absolute atomic E-state index is 13.2. The maximum Gasteiger partial charge on any atom is 0.326 e. The molecule has 3 amide bonds. The van der Waals surface area contributed by atoms with Crippen LogP contribution in [-0.2, 0) is 30.4 Å². The first kappa shape index (κ1) is 35.1. The Labute approximate surface area is 242 Å². The van der Waals surface area contributed by atoms with Gasteiger partial charge in [-0.2, -0.15) is 0 Å². The summed E-state index contributed by atoms with van der Waals surface area (Å²) < 4.78 is 0. The third-order valence-electron chi connectivity index (χ3n) is 5.79. The standard InChI is InChI=1S/C25H40N10O7/c26-15(12-14-6-2-1-3-7-14)20(38)33-16(8-4-10-31-24(27)28)21(39)35-18(13-19(36)37)22(40)34-17(23(41)42)9-5-11-32-25(29)30/h1-3,6-7,15-18H,4-5,8-13,26H2,(H,33,38)(H,34,40)(H,35,39)(H,36,37)(H,41,42)(H4,27,28,31)(H4,29,30,32)/t15-,16-,17-,18-/m0/s1. The van der Waals surface area contributed by atoms with Crippen LogP contribution in [0.5, 0.6) is 0 Å². The molecule has 0 unspecified atom stereocenters. The summed E-state index contributed by atoms with van der Waals surface area (Å²) in [5.41, 5.74) is 27.9. The third kappa shape index (κ3) is 14.5. The number of hydrogen-bond donors (Lipinski definition) is 10. The number of hydrogen-bond acceptors (Lipinski definition) is 8. The first-order chi connectivity index (χ1) is 19.8. The lowest BCUT2D eigenvalue weighted by atomic mass is 10.0. The van der Waals surface area contributed by atoms with Crippen LogP contribution in [-0.4, -0.2) is 89.0 Å². The van der Waals surface area contributed by atoms with Crippen LogP contribution in [0.25, 0.3) is 0 Å². The topological polar surface area (TPSA) is 317 Å². The molecule has 42 heavy (non-hydrogen) atoms. The van der Waals surface area contributed by atoms with Crippen molar-refractivity contribution in [1.29, 1.82) is 0 Å². The van der Waals surface area contributed by atoms with Gasteiger partial charge in [0.2, 0.25) is 17.7 Å². The number of nitrogens with two attached hydrogens (primary N) is 5. The number of guanidine groups is 2. The molecular formula is C25H40N10O7. The van der Waals surface area contributed by atoms with E-state index in [0.717, 1.165) is 5.56 Å². The molecule has 0 fully saturated rings. The monoisotopic (exact) mass is 592 g/mol. The first-order valence-electron chi connectivity index (χ1n) is 13.1. The van der Waals surface area contributed by atoms with Crippen molar-refractivity contribution < 1.29 is 34.2 Å². The van der Waals surface area contributed by atoms with Crippen molar-refractivity contribution in [1.82, 2.24) is 16.0 Å². The number of aliphatic carboxylic acids is 2. The second-order valence-electron chi connectivity index (χ2n) is 9.31. The molecule has 0 aliphatic heterocycles. The molecule has 0 heterocycles. The molecule has 0 aromatic heterocycles. The Kier molecular flexibility index (Phi) is 15.4. The molecule has 0 saturated carbocycles. The van der Waals surface area contributed by atoms with Gasteiger partial charge in [-0.05, 0) is 37.7 Å². The van der Waals surface area contributed by atoms with E-state index in [1.165, 1.54) is 0 Å². The lowest BCUT2D eigenvalue weighted by Gasteiger charge is -2.24. The summed E-state index contributed by atoms with van der Waals surface area (Å²) in [4.78, 5) is 69.6. The zero-order valence-electron chi connectivity index (χ0n) is 23.1. The van der Waals surface area contributed by atoms with E-state index in [9.17, 15) is 34.2 Å². The number of rotatable bonds is 19. The Hall–Kier alpha value is -4.93. The van der Waals surface area contributed by atoms with Gasteiger partial charge in [0, 0.05) is 13.1 Å². The Morgan fingerprint density at radius 1 is 0.714 bits per heavy atom. The molecule has 17 nitrogen and oxygen atoms in total. The summed E-state index contributed by atoms with van der Waals surface area (Å²) in [6.07, 6.45) is -0.321. The van der Waals surface area contributed by atoms with E-state index >= 15 is 0 Å². The van der Waals surface area contributed by atoms with Gasteiger partial charge in [-0.3, -0.25) is 29.2 Å². The molecule has 4 atom stereocenters. The van der Waals surface area contributed by atoms with Crippen molar-refractivity contribution in [2.75, 3.05) is 13.1 Å². The fourth-order valence-corrected chi connectivity index (χ4v) is 3.70. The quantitative estimate of drug-likeness (QED) is 0.0428. The van der Waals surface area contributed by atoms with Crippen LogP contribution in [0.3, 0.4) is 0 Å². The Balaban J connectivity index is 3.02. The number of nitrogens with one attached hydrogen (secondary N) is 3. The predicted octanol–water partition coefficient (Wildman–Crippen LogP) is -3.32. The van der Waals surface area contributed by atoms with E-state index in [0.29, 0.717) is 0 Å². The highest BCUT2D eigenvalue weighted by atomic mass is 16.4. The van der Waals surface area contributed by atoms with Gasteiger partial charge >= 0.3 is 11.9 Å². The minimum Gasteiger partial charge on any atom is -0.481 e. The van der Waals surface area contributed by atoms with Crippen LogP contribution in [0.1, 0.15) is 37.7 Å². The summed E-state index contributed by atoms with van der Waals surface area (Å²) in [5.74, 6) is -5.77. The summed E-state index contributed by atoms with van der Waals surface area (Å²) in [5, 5.41) is 25.9. The van der Waals surface area contributed by atoms with E-state index in [-0.39, 0.29) is 57.1 Å². The normalized spacial score (nSPS) is 13.4. The number of carboxylic acid groups (broad SMARTS) is 2. The van der Waals surface area contributed by atoms with Crippen molar-refractivity contribution in [3.05, 3.63) is 35.9 Å². The van der Waals surface area contributed by atoms with E-state index < -0.39 is 60.2 Å². The molecule has 232 valence electrons. The summed E-state index contributed by atoms with van der Waals surface area (Å²) in [7, 11) is 0. The van der Waals surface area contributed by atoms with Crippen LogP contribution >= 0.6 is 0 Å². The lowest BCUT2D eigenvalue weighted by molar-refractivity contribution is -0.143. The fourth-order valence-electron chi connectivity index (χ4n) is 3.70. The number of nitrogens with zero attached hydrogens (tertiary/aromatic N) is 2. The predicted molar refractivity (Wildman–Crippen MR) is 154 cm³/mol. The average molecular weight is 593 g/mol. The number of carboxylic acids is 2. The van der Waals surface area contributed by atoms with Crippen LogP contribution in [0, 0.1) is 0 Å². The van der Waals surface area contributed by atoms with Gasteiger partial charge in [-0.1, -0.05) is 30.3 Å². The van der Waals surface area contributed by atoms with E-state index in [2.05, 4.69) is 25.9 Å². The fraction of sp³-hybridized carbons (Fsp3) is 0.480. The molecule has 17 heteroatoms. The molecule has 0 radical (unpaired) electrons. The molecule has 0 aliphatic rings. The van der Waals surface area contributed by atoms with E-state index in [4.69, 9.17) is 28.7 Å². The van der Waals surface area contributed by atoms with Gasteiger partial charge in [0.05, 0.1) is 12.5 Å². The van der Waals surface area contributed by atoms with Crippen molar-refractivity contribution in [3.63, 3.8) is 0 Å². The molecule has 0 bridgehead atoms. The highest BCUT2D eigenvalue weighted by Crippen LogP contribution is 2.06. The third-order valence-corrected chi connectivity index (χ3v) is 5.79. The number of carbonyl (C=O) groups excluding carboxylic acids is 3. The van der Waals surface area contributed by atoms with E-state index in [1.54, 1.807) is 30.3 Å². The maximum atomic E-state index is 13.2. The summed E-state index contributed by atoms with van der Waals surface area (Å²) in [6, 6.07) is 3.61. The molecule has 15 N–H and O–H groups in total. The average Bonchev–Trinajstić information content (AvgIpc) is 2.91. The molecule has 1 aromatic rings. The van der Waals surface area contributed by atoms with Gasteiger partial charge in [0.1, 0.15) is 18.1 Å². The number of benzene rings is 1. The second-order valence-corrected chi connectivity index (χ2v) is 9.31. The molecular weight excluding hydrogens is 552 g/mol. The Morgan fingerprint density at radius 2 is 1.19 bits per heavy atom. The van der Waals surface area contributed by atoms with Gasteiger partial charge in [-0.25, -0.2) is 4.79 Å². The van der Waals surface area contributed by atoms with Crippen LogP contribution in [0.2, 0.25) is 0 Å². The first-order valence-corrected chi connectivity index (χ1v) is 13.1. The number of aliphatic imine (C=N–C) groups is 2. The van der Waals surface area contributed by atoms with Crippen LogP contribution in [0.4, 0.5) is 0 Å². The van der Waals surface area contributed by atoms with Crippen molar-refractivity contribution >= 4 is 41.6 Å². The van der Waals surface area contributed by atoms with E-state index in [1.807, 2.05) is 0 Å². The van der Waals surface area contributed by atoms with Gasteiger partial charge in [0.25, 0.3) is 0 Å².